The summed E-state index contributed by atoms with van der Waals surface area (Å²) in [5.74, 6) is -0.610. The van der Waals surface area contributed by atoms with Crippen LogP contribution in [0.15, 0.2) is 36.5 Å². The molecule has 1 heterocycles. The lowest BCUT2D eigenvalue weighted by Crippen LogP contribution is -2.12. The van der Waals surface area contributed by atoms with E-state index in [0.29, 0.717) is 5.69 Å². The minimum atomic E-state index is -0.610. The van der Waals surface area contributed by atoms with Crippen molar-refractivity contribution in [1.82, 2.24) is 4.98 Å². The second-order valence-electron chi connectivity index (χ2n) is 4.01. The largest absolute Gasteiger partial charge is 0.462 e. The van der Waals surface area contributed by atoms with Crippen LogP contribution in [0, 0.1) is 11.3 Å². The van der Waals surface area contributed by atoms with Gasteiger partial charge in [0, 0.05) is 11.8 Å². The number of nitrogens with zero attached hydrogens (tertiary/aromatic N) is 2. The Bertz CT molecular complexity index is 676. The van der Waals surface area contributed by atoms with Crippen molar-refractivity contribution in [3.63, 3.8) is 0 Å². The minimum absolute atomic E-state index is 0.0724. The summed E-state index contributed by atoms with van der Waals surface area (Å²) >= 11 is 0. The molecule has 2 rings (SSSR count). The highest BCUT2D eigenvalue weighted by Crippen LogP contribution is 2.28. The molecule has 0 radical (unpaired) electrons. The first-order valence-corrected chi connectivity index (χ1v) is 6.10. The third-order valence-corrected chi connectivity index (χ3v) is 2.76. The van der Waals surface area contributed by atoms with Crippen molar-refractivity contribution in [1.29, 1.82) is 5.26 Å². The van der Waals surface area contributed by atoms with Gasteiger partial charge in [0.1, 0.15) is 11.6 Å². The number of ether oxygens (including phenoxy) is 1. The average molecular weight is 267 g/mol. The van der Waals surface area contributed by atoms with Crippen LogP contribution in [0.2, 0.25) is 0 Å². The van der Waals surface area contributed by atoms with Crippen molar-refractivity contribution in [3.8, 4) is 17.3 Å². The van der Waals surface area contributed by atoms with E-state index in [1.165, 1.54) is 6.20 Å². The summed E-state index contributed by atoms with van der Waals surface area (Å²) in [5.41, 5.74) is 7.60. The fourth-order valence-corrected chi connectivity index (χ4v) is 1.86. The number of aromatic nitrogens is 1. The number of hydrogen-bond donors (Lipinski definition) is 1. The molecule has 0 atom stereocenters. The second-order valence-corrected chi connectivity index (χ2v) is 4.01. The van der Waals surface area contributed by atoms with Gasteiger partial charge in [-0.15, -0.1) is 0 Å². The fraction of sp³-hybridized carbons (Fsp3) is 0.133. The number of nitrogens with two attached hydrogens (primary N) is 1. The molecule has 0 fully saturated rings. The SMILES string of the molecule is CCOC(=O)c1c(C#N)cnc(-c2ccccc2)c1N. The molecule has 1 aromatic heterocycles. The molecule has 0 saturated heterocycles. The molecule has 20 heavy (non-hydrogen) atoms. The van der Waals surface area contributed by atoms with Gasteiger partial charge in [0.2, 0.25) is 0 Å². The van der Waals surface area contributed by atoms with Crippen LogP contribution >= 0.6 is 0 Å². The molecule has 2 aromatic rings. The van der Waals surface area contributed by atoms with Crippen LogP contribution in [0.3, 0.4) is 0 Å². The summed E-state index contributed by atoms with van der Waals surface area (Å²) in [6.07, 6.45) is 1.34. The van der Waals surface area contributed by atoms with Crippen LogP contribution in [0.5, 0.6) is 0 Å². The number of esters is 1. The lowest BCUT2D eigenvalue weighted by Gasteiger charge is -2.11. The summed E-state index contributed by atoms with van der Waals surface area (Å²) in [7, 11) is 0. The zero-order chi connectivity index (χ0) is 14.5. The number of rotatable bonds is 3. The van der Waals surface area contributed by atoms with Crippen molar-refractivity contribution in [3.05, 3.63) is 47.7 Å². The Hall–Kier alpha value is -2.87. The molecule has 0 aliphatic heterocycles. The van der Waals surface area contributed by atoms with E-state index in [1.807, 2.05) is 36.4 Å². The van der Waals surface area contributed by atoms with E-state index in [-0.39, 0.29) is 23.4 Å². The van der Waals surface area contributed by atoms with Crippen molar-refractivity contribution >= 4 is 11.7 Å². The summed E-state index contributed by atoms with van der Waals surface area (Å²) in [6, 6.07) is 11.1. The molecule has 0 aliphatic carbocycles. The number of anilines is 1. The highest BCUT2D eigenvalue weighted by Gasteiger charge is 2.20. The van der Waals surface area contributed by atoms with E-state index in [0.717, 1.165) is 5.56 Å². The smallest absolute Gasteiger partial charge is 0.341 e. The molecule has 0 amide bonds. The third kappa shape index (κ3) is 2.45. The van der Waals surface area contributed by atoms with Gasteiger partial charge in [0.15, 0.2) is 0 Å². The quantitative estimate of drug-likeness (QED) is 0.862. The van der Waals surface area contributed by atoms with Crippen molar-refractivity contribution in [2.45, 2.75) is 6.92 Å². The predicted octanol–water partition coefficient (Wildman–Crippen LogP) is 2.38. The van der Waals surface area contributed by atoms with Crippen LogP contribution < -0.4 is 5.73 Å². The van der Waals surface area contributed by atoms with Gasteiger partial charge >= 0.3 is 5.97 Å². The van der Waals surface area contributed by atoms with Gasteiger partial charge in [-0.2, -0.15) is 5.26 Å². The van der Waals surface area contributed by atoms with E-state index in [4.69, 9.17) is 15.7 Å². The number of pyridine rings is 1. The molecule has 1 aromatic carbocycles. The summed E-state index contributed by atoms with van der Waals surface area (Å²) in [5, 5.41) is 9.07. The molecule has 100 valence electrons. The molecule has 5 nitrogen and oxygen atoms in total. The zero-order valence-electron chi connectivity index (χ0n) is 11.0. The first kappa shape index (κ1) is 13.6. The van der Waals surface area contributed by atoms with Crippen LogP contribution in [0.4, 0.5) is 5.69 Å². The van der Waals surface area contributed by atoms with Gasteiger partial charge in [-0.3, -0.25) is 4.98 Å². The zero-order valence-corrected chi connectivity index (χ0v) is 11.0. The van der Waals surface area contributed by atoms with E-state index in [1.54, 1.807) is 6.92 Å². The number of nitriles is 1. The van der Waals surface area contributed by atoms with Gasteiger partial charge in [-0.05, 0) is 6.92 Å². The molecular weight excluding hydrogens is 254 g/mol. The molecular formula is C15H13N3O2. The average Bonchev–Trinajstić information content (AvgIpc) is 2.47. The Kier molecular flexibility index (Phi) is 3.96. The number of carbonyl (C=O) groups is 1. The van der Waals surface area contributed by atoms with Crippen LogP contribution in [0.1, 0.15) is 22.8 Å². The summed E-state index contributed by atoms with van der Waals surface area (Å²) in [4.78, 5) is 16.1. The first-order valence-electron chi connectivity index (χ1n) is 6.10. The maximum Gasteiger partial charge on any atom is 0.341 e. The maximum atomic E-state index is 11.9. The summed E-state index contributed by atoms with van der Waals surface area (Å²) in [6.45, 7) is 1.91. The highest BCUT2D eigenvalue weighted by atomic mass is 16.5. The first-order chi connectivity index (χ1) is 9.69. The Morgan fingerprint density at radius 3 is 2.70 bits per heavy atom. The molecule has 0 unspecified atom stereocenters. The number of hydrogen-bond acceptors (Lipinski definition) is 5. The van der Waals surface area contributed by atoms with E-state index < -0.39 is 5.97 Å². The van der Waals surface area contributed by atoms with Gasteiger partial charge in [-0.25, -0.2) is 4.79 Å². The van der Waals surface area contributed by atoms with Gasteiger partial charge < -0.3 is 10.5 Å². The minimum Gasteiger partial charge on any atom is -0.462 e. The van der Waals surface area contributed by atoms with Gasteiger partial charge in [0.25, 0.3) is 0 Å². The van der Waals surface area contributed by atoms with Crippen molar-refractivity contribution < 1.29 is 9.53 Å². The van der Waals surface area contributed by atoms with Gasteiger partial charge in [0.05, 0.1) is 23.6 Å². The molecule has 2 N–H and O–H groups in total. The molecule has 0 bridgehead atoms. The topological polar surface area (TPSA) is 89.0 Å². The maximum absolute atomic E-state index is 11.9. The molecule has 5 heteroatoms. The van der Waals surface area contributed by atoms with Crippen LogP contribution in [-0.4, -0.2) is 17.6 Å². The van der Waals surface area contributed by atoms with Crippen LogP contribution in [-0.2, 0) is 4.74 Å². The molecule has 0 saturated carbocycles. The van der Waals surface area contributed by atoms with Crippen molar-refractivity contribution in [2.24, 2.45) is 0 Å². The molecule has 0 aliphatic rings. The fourth-order valence-electron chi connectivity index (χ4n) is 1.86. The van der Waals surface area contributed by atoms with Crippen molar-refractivity contribution in [2.75, 3.05) is 12.3 Å². The van der Waals surface area contributed by atoms with Crippen LogP contribution in [0.25, 0.3) is 11.3 Å². The highest BCUT2D eigenvalue weighted by molar-refractivity contribution is 6.00. The van der Waals surface area contributed by atoms with E-state index in [9.17, 15) is 4.79 Å². The lowest BCUT2D eigenvalue weighted by atomic mass is 10.0. The van der Waals surface area contributed by atoms with E-state index in [2.05, 4.69) is 4.98 Å². The summed E-state index contributed by atoms with van der Waals surface area (Å²) < 4.78 is 4.94. The Morgan fingerprint density at radius 1 is 1.40 bits per heavy atom. The Morgan fingerprint density at radius 2 is 2.10 bits per heavy atom. The van der Waals surface area contributed by atoms with Gasteiger partial charge in [-0.1, -0.05) is 30.3 Å². The Labute approximate surface area is 116 Å². The Balaban J connectivity index is 2.61. The van der Waals surface area contributed by atoms with E-state index >= 15 is 0 Å². The number of nitrogen functional groups attached to an aromatic ring is 1. The number of benzene rings is 1. The number of carbonyl (C=O) groups excluding carboxylic acids is 1. The second kappa shape index (κ2) is 5.85. The predicted molar refractivity (Wildman–Crippen MR) is 74.8 cm³/mol. The standard InChI is InChI=1S/C15H13N3O2/c1-2-20-15(19)12-11(8-16)9-18-14(13(12)17)10-6-4-3-5-7-10/h3-7,9H,2,17H2,1H3. The monoisotopic (exact) mass is 267 g/mol. The molecule has 0 spiro atoms. The lowest BCUT2D eigenvalue weighted by molar-refractivity contribution is 0.0527. The normalized spacial score (nSPS) is 9.80. The third-order valence-electron chi connectivity index (χ3n) is 2.76.